The molecule has 2 aromatic rings. The van der Waals surface area contributed by atoms with E-state index in [0.717, 1.165) is 42.0 Å². The zero-order chi connectivity index (χ0) is 16.2. The maximum Gasteiger partial charge on any atom is 0.305 e. The van der Waals surface area contributed by atoms with Crippen molar-refractivity contribution in [3.63, 3.8) is 0 Å². The van der Waals surface area contributed by atoms with E-state index in [1.165, 1.54) is 0 Å². The Bertz CT molecular complexity index is 714. The van der Waals surface area contributed by atoms with Gasteiger partial charge in [0.25, 0.3) is 0 Å². The molecule has 2 aromatic carbocycles. The molecule has 0 radical (unpaired) electrons. The summed E-state index contributed by atoms with van der Waals surface area (Å²) in [7, 11) is 0. The predicted molar refractivity (Wildman–Crippen MR) is 89.0 cm³/mol. The van der Waals surface area contributed by atoms with Crippen LogP contribution < -0.4 is 5.32 Å². The Morgan fingerprint density at radius 2 is 1.78 bits per heavy atom. The fourth-order valence-corrected chi connectivity index (χ4v) is 3.45. The molecule has 3 rings (SSSR count). The zero-order valence-electron chi connectivity index (χ0n) is 13.0. The number of carbonyl (C=O) groups is 2. The van der Waals surface area contributed by atoms with Crippen molar-refractivity contribution in [1.82, 2.24) is 5.32 Å². The Morgan fingerprint density at radius 3 is 2.52 bits per heavy atom. The number of carboxylic acid groups (broad SMARTS) is 1. The topological polar surface area (TPSA) is 66.4 Å². The summed E-state index contributed by atoms with van der Waals surface area (Å²) in [5, 5.41) is 14.3. The molecule has 0 heterocycles. The van der Waals surface area contributed by atoms with Crippen molar-refractivity contribution in [1.29, 1.82) is 0 Å². The number of fused-ring (bicyclic) bond motifs is 1. The third-order valence-corrected chi connectivity index (χ3v) is 4.62. The number of nitrogens with one attached hydrogen (secondary N) is 1. The minimum Gasteiger partial charge on any atom is -0.481 e. The largest absolute Gasteiger partial charge is 0.481 e. The van der Waals surface area contributed by atoms with E-state index in [9.17, 15) is 14.7 Å². The van der Waals surface area contributed by atoms with Crippen LogP contribution in [0.2, 0.25) is 0 Å². The van der Waals surface area contributed by atoms with Crippen LogP contribution >= 0.6 is 0 Å². The molecule has 2 N–H and O–H groups in total. The average molecular weight is 311 g/mol. The monoisotopic (exact) mass is 311 g/mol. The Balaban J connectivity index is 1.91. The number of aliphatic carboxylic acids is 1. The summed E-state index contributed by atoms with van der Waals surface area (Å²) >= 11 is 0. The summed E-state index contributed by atoms with van der Waals surface area (Å²) in [5.41, 5.74) is 0.872. The Hall–Kier alpha value is -2.36. The minimum atomic E-state index is -0.908. The van der Waals surface area contributed by atoms with E-state index in [1.54, 1.807) is 0 Å². The van der Waals surface area contributed by atoms with Crippen molar-refractivity contribution in [2.45, 2.75) is 38.1 Å². The molecule has 23 heavy (non-hydrogen) atoms. The molecule has 1 saturated carbocycles. The van der Waals surface area contributed by atoms with Crippen molar-refractivity contribution in [3.05, 3.63) is 48.0 Å². The smallest absolute Gasteiger partial charge is 0.305 e. The predicted octanol–water partition coefficient (Wildman–Crippen LogP) is 3.66. The quantitative estimate of drug-likeness (QED) is 0.885. The van der Waals surface area contributed by atoms with E-state index < -0.39 is 12.0 Å². The van der Waals surface area contributed by atoms with Crippen LogP contribution in [-0.2, 0) is 9.59 Å². The second kappa shape index (κ2) is 6.82. The van der Waals surface area contributed by atoms with Crippen LogP contribution in [0.5, 0.6) is 0 Å². The standard InChI is InChI=1S/C19H21NO3/c21-18(22)12-17(20-19(23)14-7-1-2-8-14)16-11-5-9-13-6-3-4-10-15(13)16/h3-6,9-11,14,17H,1-2,7-8,12H2,(H,20,23)(H,21,22)/t17-/m1/s1. The second-order valence-corrected chi connectivity index (χ2v) is 6.21. The van der Waals surface area contributed by atoms with Crippen LogP contribution in [0.4, 0.5) is 0 Å². The molecule has 120 valence electrons. The molecule has 1 aliphatic rings. The lowest BCUT2D eigenvalue weighted by atomic mass is 9.96. The summed E-state index contributed by atoms with van der Waals surface area (Å²) in [6.07, 6.45) is 3.86. The van der Waals surface area contributed by atoms with Crippen LogP contribution in [0.25, 0.3) is 10.8 Å². The summed E-state index contributed by atoms with van der Waals surface area (Å²) in [6, 6.07) is 13.2. The van der Waals surface area contributed by atoms with Crippen molar-refractivity contribution in [2.75, 3.05) is 0 Å². The highest BCUT2D eigenvalue weighted by Gasteiger charge is 2.26. The molecular weight excluding hydrogens is 290 g/mol. The van der Waals surface area contributed by atoms with Gasteiger partial charge in [0.15, 0.2) is 0 Å². The van der Waals surface area contributed by atoms with E-state index >= 15 is 0 Å². The first-order valence-electron chi connectivity index (χ1n) is 8.15. The summed E-state index contributed by atoms with van der Waals surface area (Å²) in [6.45, 7) is 0. The summed E-state index contributed by atoms with van der Waals surface area (Å²) in [5.74, 6) is -0.891. The molecule has 0 aliphatic heterocycles. The van der Waals surface area contributed by atoms with Crippen molar-refractivity contribution in [3.8, 4) is 0 Å². The minimum absolute atomic E-state index is 0.0123. The summed E-state index contributed by atoms with van der Waals surface area (Å²) < 4.78 is 0. The molecule has 1 amide bonds. The van der Waals surface area contributed by atoms with Gasteiger partial charge < -0.3 is 10.4 Å². The number of carboxylic acids is 1. The van der Waals surface area contributed by atoms with Gasteiger partial charge in [-0.2, -0.15) is 0 Å². The highest BCUT2D eigenvalue weighted by atomic mass is 16.4. The normalized spacial score (nSPS) is 16.3. The highest BCUT2D eigenvalue weighted by Crippen LogP contribution is 2.29. The third-order valence-electron chi connectivity index (χ3n) is 4.62. The van der Waals surface area contributed by atoms with Crippen LogP contribution in [0.15, 0.2) is 42.5 Å². The van der Waals surface area contributed by atoms with Gasteiger partial charge in [-0.05, 0) is 29.2 Å². The van der Waals surface area contributed by atoms with E-state index in [1.807, 2.05) is 42.5 Å². The Morgan fingerprint density at radius 1 is 1.09 bits per heavy atom. The molecule has 1 atom stereocenters. The lowest BCUT2D eigenvalue weighted by Crippen LogP contribution is -2.34. The molecule has 1 fully saturated rings. The molecule has 0 aromatic heterocycles. The fourth-order valence-electron chi connectivity index (χ4n) is 3.45. The SMILES string of the molecule is O=C(O)C[C@@H](NC(=O)C1CCCC1)c1cccc2ccccc12. The molecule has 0 spiro atoms. The van der Waals surface area contributed by atoms with E-state index in [-0.39, 0.29) is 18.2 Å². The molecule has 1 aliphatic carbocycles. The van der Waals surface area contributed by atoms with Crippen molar-refractivity contribution < 1.29 is 14.7 Å². The molecular formula is C19H21NO3. The van der Waals surface area contributed by atoms with Crippen molar-refractivity contribution >= 4 is 22.6 Å². The maximum atomic E-state index is 12.4. The number of benzene rings is 2. The van der Waals surface area contributed by atoms with E-state index in [2.05, 4.69) is 5.32 Å². The van der Waals surface area contributed by atoms with Gasteiger partial charge in [0.1, 0.15) is 0 Å². The first kappa shape index (κ1) is 15.5. The van der Waals surface area contributed by atoms with Crippen LogP contribution in [0, 0.1) is 5.92 Å². The number of amides is 1. The zero-order valence-corrected chi connectivity index (χ0v) is 13.0. The van der Waals surface area contributed by atoms with E-state index in [0.29, 0.717) is 0 Å². The van der Waals surface area contributed by atoms with Crippen LogP contribution in [0.3, 0.4) is 0 Å². The Labute approximate surface area is 135 Å². The Kier molecular flexibility index (Phi) is 4.60. The number of carbonyl (C=O) groups excluding carboxylic acids is 1. The first-order chi connectivity index (χ1) is 11.1. The third kappa shape index (κ3) is 3.52. The van der Waals surface area contributed by atoms with Gasteiger partial charge in [-0.1, -0.05) is 55.3 Å². The van der Waals surface area contributed by atoms with Crippen LogP contribution in [0.1, 0.15) is 43.7 Å². The van der Waals surface area contributed by atoms with E-state index in [4.69, 9.17) is 0 Å². The number of hydrogen-bond acceptors (Lipinski definition) is 2. The second-order valence-electron chi connectivity index (χ2n) is 6.21. The van der Waals surface area contributed by atoms with Gasteiger partial charge in [-0.3, -0.25) is 9.59 Å². The van der Waals surface area contributed by atoms with Crippen LogP contribution in [-0.4, -0.2) is 17.0 Å². The van der Waals surface area contributed by atoms with Crippen molar-refractivity contribution in [2.24, 2.45) is 5.92 Å². The average Bonchev–Trinajstić information content (AvgIpc) is 3.08. The first-order valence-corrected chi connectivity index (χ1v) is 8.15. The lowest BCUT2D eigenvalue weighted by molar-refractivity contribution is -0.137. The van der Waals surface area contributed by atoms with Gasteiger partial charge in [0.2, 0.25) is 5.91 Å². The van der Waals surface area contributed by atoms with Gasteiger partial charge in [0, 0.05) is 5.92 Å². The highest BCUT2D eigenvalue weighted by molar-refractivity contribution is 5.88. The lowest BCUT2D eigenvalue weighted by Gasteiger charge is -2.21. The fraction of sp³-hybridized carbons (Fsp3) is 0.368. The van der Waals surface area contributed by atoms with Gasteiger partial charge in [0.05, 0.1) is 12.5 Å². The molecule has 4 nitrogen and oxygen atoms in total. The number of rotatable bonds is 5. The van der Waals surface area contributed by atoms with Gasteiger partial charge in [-0.15, -0.1) is 0 Å². The molecule has 4 heteroatoms. The number of hydrogen-bond donors (Lipinski definition) is 2. The molecule has 0 saturated heterocycles. The molecule has 0 unspecified atom stereocenters. The molecule has 0 bridgehead atoms. The van der Waals surface area contributed by atoms with Gasteiger partial charge in [-0.25, -0.2) is 0 Å². The maximum absolute atomic E-state index is 12.4. The van der Waals surface area contributed by atoms with Gasteiger partial charge >= 0.3 is 5.97 Å². The summed E-state index contributed by atoms with van der Waals surface area (Å²) in [4.78, 5) is 23.7.